The molecule has 0 saturated heterocycles. The third kappa shape index (κ3) is 2.69. The first kappa shape index (κ1) is 10.5. The van der Waals surface area contributed by atoms with Crippen LogP contribution in [0.2, 0.25) is 0 Å². The van der Waals surface area contributed by atoms with E-state index < -0.39 is 10.2 Å². The highest BCUT2D eigenvalue weighted by molar-refractivity contribution is 9.10. The summed E-state index contributed by atoms with van der Waals surface area (Å²) in [4.78, 5) is 21.9. The lowest BCUT2D eigenvalue weighted by atomic mass is 10.1. The van der Waals surface area contributed by atoms with E-state index in [1.165, 1.54) is 0 Å². The SMILES string of the molecule is NC(=O)CNC(=O)C1(Br)CCCC1. The van der Waals surface area contributed by atoms with Gasteiger partial charge in [-0.3, -0.25) is 9.59 Å². The van der Waals surface area contributed by atoms with Crippen LogP contribution in [0.1, 0.15) is 25.7 Å². The van der Waals surface area contributed by atoms with Gasteiger partial charge in [0.15, 0.2) is 0 Å². The third-order valence-electron chi connectivity index (χ3n) is 2.23. The molecule has 1 rings (SSSR count). The van der Waals surface area contributed by atoms with Crippen molar-refractivity contribution in [2.75, 3.05) is 6.54 Å². The van der Waals surface area contributed by atoms with Crippen LogP contribution in [-0.2, 0) is 9.59 Å². The van der Waals surface area contributed by atoms with Crippen molar-refractivity contribution in [2.24, 2.45) is 5.73 Å². The van der Waals surface area contributed by atoms with Crippen molar-refractivity contribution >= 4 is 27.7 Å². The third-order valence-corrected chi connectivity index (χ3v) is 3.38. The Hall–Kier alpha value is -0.580. The summed E-state index contributed by atoms with van der Waals surface area (Å²) in [6.07, 6.45) is 3.76. The molecule has 3 N–H and O–H groups in total. The summed E-state index contributed by atoms with van der Waals surface area (Å²) in [5.41, 5.74) is 4.91. The van der Waals surface area contributed by atoms with Gasteiger partial charge in [-0.15, -0.1) is 0 Å². The van der Waals surface area contributed by atoms with Crippen LogP contribution in [0.5, 0.6) is 0 Å². The van der Waals surface area contributed by atoms with Crippen molar-refractivity contribution in [1.82, 2.24) is 5.32 Å². The number of rotatable bonds is 3. The lowest BCUT2D eigenvalue weighted by Gasteiger charge is -2.19. The monoisotopic (exact) mass is 248 g/mol. The lowest BCUT2D eigenvalue weighted by Crippen LogP contribution is -2.43. The molecule has 1 aliphatic rings. The fourth-order valence-electron chi connectivity index (χ4n) is 1.49. The van der Waals surface area contributed by atoms with E-state index in [1.807, 2.05) is 0 Å². The van der Waals surface area contributed by atoms with Gasteiger partial charge in [-0.25, -0.2) is 0 Å². The van der Waals surface area contributed by atoms with Crippen molar-refractivity contribution in [1.29, 1.82) is 0 Å². The Kier molecular flexibility index (Phi) is 3.30. The first-order chi connectivity index (χ1) is 6.04. The maximum absolute atomic E-state index is 11.5. The molecule has 0 aromatic heterocycles. The zero-order valence-electron chi connectivity index (χ0n) is 7.31. The summed E-state index contributed by atoms with van der Waals surface area (Å²) in [6.45, 7) is -0.0772. The molecule has 0 atom stereocenters. The molecule has 4 nitrogen and oxygen atoms in total. The standard InChI is InChI=1S/C8H13BrN2O2/c9-8(3-1-2-4-8)7(13)11-5-6(10)12/h1-5H2,(H2,10,12)(H,11,13). The van der Waals surface area contributed by atoms with E-state index in [4.69, 9.17) is 5.73 Å². The van der Waals surface area contributed by atoms with E-state index in [2.05, 4.69) is 21.2 Å². The molecular weight excluding hydrogens is 236 g/mol. The van der Waals surface area contributed by atoms with Gasteiger partial charge >= 0.3 is 0 Å². The predicted octanol–water partition coefficient (Wildman–Crippen LogP) is 0.296. The summed E-state index contributed by atoms with van der Waals surface area (Å²) in [7, 11) is 0. The van der Waals surface area contributed by atoms with Crippen LogP contribution in [0.25, 0.3) is 0 Å². The van der Waals surface area contributed by atoms with Gasteiger partial charge in [-0.1, -0.05) is 28.8 Å². The van der Waals surface area contributed by atoms with E-state index in [1.54, 1.807) is 0 Å². The first-order valence-electron chi connectivity index (χ1n) is 4.30. The molecule has 74 valence electrons. The Morgan fingerprint density at radius 2 is 1.92 bits per heavy atom. The summed E-state index contributed by atoms with van der Waals surface area (Å²) in [5.74, 6) is -0.633. The number of hydrogen-bond acceptors (Lipinski definition) is 2. The molecule has 13 heavy (non-hydrogen) atoms. The highest BCUT2D eigenvalue weighted by atomic mass is 79.9. The predicted molar refractivity (Wildman–Crippen MR) is 52.3 cm³/mol. The molecule has 0 radical (unpaired) electrons. The Balaban J connectivity index is 2.42. The van der Waals surface area contributed by atoms with Gasteiger partial charge < -0.3 is 11.1 Å². The Morgan fingerprint density at radius 1 is 1.38 bits per heavy atom. The summed E-state index contributed by atoms with van der Waals surface area (Å²) < 4.78 is -0.456. The fraction of sp³-hybridized carbons (Fsp3) is 0.750. The Morgan fingerprint density at radius 3 is 2.38 bits per heavy atom. The smallest absolute Gasteiger partial charge is 0.237 e. The second-order valence-corrected chi connectivity index (χ2v) is 4.84. The molecule has 0 heterocycles. The van der Waals surface area contributed by atoms with Gasteiger partial charge in [0, 0.05) is 0 Å². The molecule has 0 bridgehead atoms. The number of nitrogens with one attached hydrogen (secondary N) is 1. The number of nitrogens with two attached hydrogens (primary N) is 1. The van der Waals surface area contributed by atoms with E-state index >= 15 is 0 Å². The van der Waals surface area contributed by atoms with Crippen LogP contribution >= 0.6 is 15.9 Å². The summed E-state index contributed by atoms with van der Waals surface area (Å²) in [5, 5.41) is 2.50. The number of halogens is 1. The van der Waals surface area contributed by atoms with E-state index in [-0.39, 0.29) is 12.5 Å². The lowest BCUT2D eigenvalue weighted by molar-refractivity contribution is -0.126. The molecule has 0 aromatic carbocycles. The van der Waals surface area contributed by atoms with Crippen molar-refractivity contribution in [3.63, 3.8) is 0 Å². The molecule has 0 unspecified atom stereocenters. The van der Waals surface area contributed by atoms with Crippen molar-refractivity contribution in [3.8, 4) is 0 Å². The highest BCUT2D eigenvalue weighted by Gasteiger charge is 2.38. The van der Waals surface area contributed by atoms with Crippen LogP contribution in [-0.4, -0.2) is 22.7 Å². The molecule has 0 aromatic rings. The molecule has 1 aliphatic carbocycles. The van der Waals surface area contributed by atoms with Crippen molar-refractivity contribution < 1.29 is 9.59 Å². The normalized spacial score (nSPS) is 19.8. The van der Waals surface area contributed by atoms with E-state index in [9.17, 15) is 9.59 Å². The van der Waals surface area contributed by atoms with Crippen LogP contribution in [0.4, 0.5) is 0 Å². The van der Waals surface area contributed by atoms with E-state index in [0.29, 0.717) is 0 Å². The zero-order valence-corrected chi connectivity index (χ0v) is 8.89. The molecular formula is C8H13BrN2O2. The van der Waals surface area contributed by atoms with Gasteiger partial charge in [-0.2, -0.15) is 0 Å². The minimum atomic E-state index is -0.512. The van der Waals surface area contributed by atoms with Crippen molar-refractivity contribution in [2.45, 2.75) is 30.0 Å². The molecule has 0 spiro atoms. The first-order valence-corrected chi connectivity index (χ1v) is 5.09. The molecule has 0 aliphatic heterocycles. The molecule has 2 amide bonds. The maximum atomic E-state index is 11.5. The molecule has 1 saturated carbocycles. The maximum Gasteiger partial charge on any atom is 0.237 e. The van der Waals surface area contributed by atoms with Crippen LogP contribution in [0, 0.1) is 0 Å². The Labute approximate surface area is 85.4 Å². The van der Waals surface area contributed by atoms with Crippen LogP contribution in [0.15, 0.2) is 0 Å². The average Bonchev–Trinajstić information content (AvgIpc) is 2.49. The number of amides is 2. The highest BCUT2D eigenvalue weighted by Crippen LogP contribution is 2.37. The van der Waals surface area contributed by atoms with Crippen molar-refractivity contribution in [3.05, 3.63) is 0 Å². The number of hydrogen-bond donors (Lipinski definition) is 2. The number of alkyl halides is 1. The second-order valence-electron chi connectivity index (χ2n) is 3.32. The fourth-order valence-corrected chi connectivity index (χ4v) is 2.19. The number of carbonyl (C=O) groups is 2. The topological polar surface area (TPSA) is 72.2 Å². The van der Waals surface area contributed by atoms with Gasteiger partial charge in [0.25, 0.3) is 0 Å². The van der Waals surface area contributed by atoms with Crippen LogP contribution in [0.3, 0.4) is 0 Å². The van der Waals surface area contributed by atoms with Gasteiger partial charge in [0.1, 0.15) is 4.32 Å². The van der Waals surface area contributed by atoms with Gasteiger partial charge in [0.2, 0.25) is 11.8 Å². The Bertz CT molecular complexity index is 224. The largest absolute Gasteiger partial charge is 0.368 e. The number of primary amides is 1. The van der Waals surface area contributed by atoms with Gasteiger partial charge in [-0.05, 0) is 12.8 Å². The molecule has 1 fully saturated rings. The number of carbonyl (C=O) groups excluding carboxylic acids is 2. The molecule has 5 heteroatoms. The summed E-state index contributed by atoms with van der Waals surface area (Å²) >= 11 is 3.40. The average molecular weight is 249 g/mol. The minimum Gasteiger partial charge on any atom is -0.368 e. The van der Waals surface area contributed by atoms with Gasteiger partial charge in [0.05, 0.1) is 6.54 Å². The minimum absolute atomic E-state index is 0.0772. The van der Waals surface area contributed by atoms with E-state index in [0.717, 1.165) is 25.7 Å². The van der Waals surface area contributed by atoms with Crippen LogP contribution < -0.4 is 11.1 Å². The summed E-state index contributed by atoms with van der Waals surface area (Å²) in [6, 6.07) is 0. The second kappa shape index (κ2) is 4.09. The quantitative estimate of drug-likeness (QED) is 0.706. The zero-order chi connectivity index (χ0) is 9.90.